The Balaban J connectivity index is 1.01. The van der Waals surface area contributed by atoms with Gasteiger partial charge in [0.1, 0.15) is 0 Å². The highest BCUT2D eigenvalue weighted by molar-refractivity contribution is 8.04. The summed E-state index contributed by atoms with van der Waals surface area (Å²) in [5, 5.41) is 3.08. The lowest BCUT2D eigenvalue weighted by Gasteiger charge is -2.34. The van der Waals surface area contributed by atoms with Crippen LogP contribution in [0.1, 0.15) is 44.6 Å². The molecule has 0 aromatic heterocycles. The van der Waals surface area contributed by atoms with Crippen molar-refractivity contribution in [2.45, 2.75) is 38.3 Å². The number of thioether (sulfide) groups is 1. The zero-order chi connectivity index (χ0) is 31.9. The molecule has 0 aliphatic carbocycles. The minimum absolute atomic E-state index is 0.0102. The number of piperazine rings is 1. The first-order valence-corrected chi connectivity index (χ1v) is 17.0. The third-order valence-corrected chi connectivity index (χ3v) is 9.86. The number of nitrogens with one attached hydrogen (secondary N) is 1. The van der Waals surface area contributed by atoms with Crippen LogP contribution in [0.5, 0.6) is 0 Å². The molecular weight excluding hydrogens is 589 g/mol. The summed E-state index contributed by atoms with van der Waals surface area (Å²) < 4.78 is 0. The predicted octanol–water partition coefficient (Wildman–Crippen LogP) is 6.92. The molecule has 0 atom stereocenters. The van der Waals surface area contributed by atoms with Crippen molar-refractivity contribution in [1.29, 1.82) is 0 Å². The molecule has 4 aromatic carbocycles. The fourth-order valence-electron chi connectivity index (χ4n) is 6.06. The second-order valence-electron chi connectivity index (χ2n) is 12.2. The predicted molar refractivity (Wildman–Crippen MR) is 189 cm³/mol. The van der Waals surface area contributed by atoms with E-state index < -0.39 is 0 Å². The fourth-order valence-corrected chi connectivity index (χ4v) is 7.12. The smallest absolute Gasteiger partial charge is 0.265 e. The lowest BCUT2D eigenvalue weighted by atomic mass is 10.0. The van der Waals surface area contributed by atoms with Gasteiger partial charge in [-0.2, -0.15) is 0 Å². The number of rotatable bonds is 10. The van der Waals surface area contributed by atoms with Crippen molar-refractivity contribution in [1.82, 2.24) is 15.1 Å². The van der Waals surface area contributed by atoms with Crippen molar-refractivity contribution in [3.05, 3.63) is 135 Å². The normalized spacial score (nSPS) is 16.4. The maximum Gasteiger partial charge on any atom is 0.265 e. The topological polar surface area (TPSA) is 55.9 Å². The lowest BCUT2D eigenvalue weighted by molar-refractivity contribution is -0.114. The van der Waals surface area contributed by atoms with Crippen molar-refractivity contribution in [2.24, 2.45) is 0 Å². The highest BCUT2D eigenvalue weighted by atomic mass is 32.2. The molecule has 236 valence electrons. The molecule has 0 spiro atoms. The minimum Gasteiger partial charge on any atom is -0.352 e. The van der Waals surface area contributed by atoms with E-state index in [-0.39, 0.29) is 11.8 Å². The number of hydrogen-bond donors (Lipinski definition) is 1. The Morgan fingerprint density at radius 2 is 1.54 bits per heavy atom. The first kappa shape index (κ1) is 31.8. The molecule has 6 rings (SSSR count). The Hall–Kier alpha value is -4.17. The van der Waals surface area contributed by atoms with Gasteiger partial charge in [-0.3, -0.25) is 14.5 Å². The summed E-state index contributed by atoms with van der Waals surface area (Å²) in [6.45, 7) is 11.6. The first-order chi connectivity index (χ1) is 22.4. The van der Waals surface area contributed by atoms with Crippen LogP contribution in [-0.4, -0.2) is 60.9 Å². The zero-order valence-electron chi connectivity index (χ0n) is 26.7. The Labute approximate surface area is 277 Å². The van der Waals surface area contributed by atoms with Crippen LogP contribution in [0.4, 0.5) is 5.69 Å². The zero-order valence-corrected chi connectivity index (χ0v) is 27.6. The number of fused-ring (bicyclic) bond motifs is 1. The average Bonchev–Trinajstić information content (AvgIpc) is 3.08. The van der Waals surface area contributed by atoms with Crippen LogP contribution in [0.2, 0.25) is 0 Å². The third kappa shape index (κ3) is 7.97. The summed E-state index contributed by atoms with van der Waals surface area (Å²) in [6, 6.07) is 32.6. The van der Waals surface area contributed by atoms with E-state index in [2.05, 4.69) is 83.6 Å². The molecule has 2 heterocycles. The van der Waals surface area contributed by atoms with E-state index in [0.29, 0.717) is 23.6 Å². The number of nitrogens with zero attached hydrogens (tertiary/aromatic N) is 3. The van der Waals surface area contributed by atoms with Crippen LogP contribution in [0.25, 0.3) is 6.08 Å². The van der Waals surface area contributed by atoms with Crippen molar-refractivity contribution < 1.29 is 9.59 Å². The van der Waals surface area contributed by atoms with E-state index >= 15 is 0 Å². The van der Waals surface area contributed by atoms with Crippen LogP contribution in [0.15, 0.2) is 107 Å². The maximum atomic E-state index is 13.8. The van der Waals surface area contributed by atoms with Crippen LogP contribution < -0.4 is 10.2 Å². The van der Waals surface area contributed by atoms with E-state index in [0.717, 1.165) is 67.4 Å². The molecule has 0 unspecified atom stereocenters. The second-order valence-corrected chi connectivity index (χ2v) is 13.3. The molecule has 7 heteroatoms. The summed E-state index contributed by atoms with van der Waals surface area (Å²) in [5.74, 6) is -0.0762. The summed E-state index contributed by atoms with van der Waals surface area (Å²) in [5.41, 5.74) is 7.32. The summed E-state index contributed by atoms with van der Waals surface area (Å²) >= 11 is 1.50. The molecule has 2 aliphatic heterocycles. The fraction of sp³-hybridized carbons (Fsp3) is 0.282. The van der Waals surface area contributed by atoms with Gasteiger partial charge in [0.05, 0.1) is 17.1 Å². The van der Waals surface area contributed by atoms with Gasteiger partial charge in [0.15, 0.2) is 0 Å². The van der Waals surface area contributed by atoms with Crippen LogP contribution in [0, 0.1) is 13.8 Å². The van der Waals surface area contributed by atoms with Gasteiger partial charge >= 0.3 is 0 Å². The van der Waals surface area contributed by atoms with Crippen LogP contribution >= 0.6 is 11.8 Å². The number of para-hydroxylation sites is 1. The van der Waals surface area contributed by atoms with E-state index in [1.165, 1.54) is 28.5 Å². The molecule has 46 heavy (non-hydrogen) atoms. The standard InChI is InChI=1S/C39H42N4O2S/c1-29-13-14-30(2)34(25-29)28-43-35-11-6-7-12-36(35)46-37(39(43)45)26-31-15-17-33(18-16-31)38(44)40-19-8-20-41-21-23-42(24-22-41)27-32-9-4-3-5-10-32/h3-7,9-18,25-26H,8,19-24,27-28H2,1-2H3,(H,40,44). The molecule has 0 saturated carbocycles. The average molecular weight is 631 g/mol. The second kappa shape index (κ2) is 14.9. The molecule has 2 aliphatic rings. The van der Waals surface area contributed by atoms with Gasteiger partial charge in [-0.05, 0) is 79.4 Å². The van der Waals surface area contributed by atoms with Crippen LogP contribution in [-0.2, 0) is 17.9 Å². The van der Waals surface area contributed by atoms with Crippen molar-refractivity contribution >= 4 is 35.3 Å². The van der Waals surface area contributed by atoms with E-state index in [9.17, 15) is 9.59 Å². The van der Waals surface area contributed by atoms with Crippen molar-refractivity contribution in [3.8, 4) is 0 Å². The number of amides is 2. The number of aryl methyl sites for hydroxylation is 2. The van der Waals surface area contributed by atoms with Gasteiger partial charge in [0.2, 0.25) is 0 Å². The quantitative estimate of drug-likeness (QED) is 0.152. The van der Waals surface area contributed by atoms with Crippen molar-refractivity contribution in [2.75, 3.05) is 44.2 Å². The maximum absolute atomic E-state index is 13.8. The number of benzene rings is 4. The largest absolute Gasteiger partial charge is 0.352 e. The molecular formula is C39H42N4O2S. The summed E-state index contributed by atoms with van der Waals surface area (Å²) in [4.78, 5) is 35.3. The summed E-state index contributed by atoms with van der Waals surface area (Å²) in [7, 11) is 0. The Morgan fingerprint density at radius 1 is 0.826 bits per heavy atom. The van der Waals surface area contributed by atoms with Gasteiger partial charge < -0.3 is 15.1 Å². The Kier molecular flexibility index (Phi) is 10.3. The first-order valence-electron chi connectivity index (χ1n) is 16.2. The monoisotopic (exact) mass is 630 g/mol. The SMILES string of the molecule is Cc1ccc(C)c(CN2C(=O)C(=Cc3ccc(C(=O)NCCCN4CCN(Cc5ccccc5)CC4)cc3)Sc3ccccc32)c1. The number of carbonyl (C=O) groups is 2. The molecule has 0 bridgehead atoms. The Bertz CT molecular complexity index is 1700. The lowest BCUT2D eigenvalue weighted by Crippen LogP contribution is -2.46. The molecule has 1 saturated heterocycles. The van der Waals surface area contributed by atoms with Gasteiger partial charge in [-0.1, -0.05) is 90.1 Å². The van der Waals surface area contributed by atoms with Gasteiger partial charge in [0.25, 0.3) is 11.8 Å². The number of anilines is 1. The molecule has 1 fully saturated rings. The summed E-state index contributed by atoms with van der Waals surface area (Å²) in [6.07, 6.45) is 2.86. The number of carbonyl (C=O) groups excluding carboxylic acids is 2. The number of hydrogen-bond acceptors (Lipinski definition) is 5. The van der Waals surface area contributed by atoms with Crippen molar-refractivity contribution in [3.63, 3.8) is 0 Å². The van der Waals surface area contributed by atoms with Gasteiger partial charge in [0, 0.05) is 49.7 Å². The molecule has 2 amide bonds. The van der Waals surface area contributed by atoms with Crippen LogP contribution in [0.3, 0.4) is 0 Å². The van der Waals surface area contributed by atoms with E-state index in [1.807, 2.05) is 53.4 Å². The van der Waals surface area contributed by atoms with Gasteiger partial charge in [-0.15, -0.1) is 0 Å². The van der Waals surface area contributed by atoms with E-state index in [4.69, 9.17) is 0 Å². The molecule has 0 radical (unpaired) electrons. The highest BCUT2D eigenvalue weighted by Crippen LogP contribution is 2.42. The molecule has 4 aromatic rings. The van der Waals surface area contributed by atoms with Gasteiger partial charge in [-0.25, -0.2) is 0 Å². The minimum atomic E-state index is -0.0661. The van der Waals surface area contributed by atoms with E-state index in [1.54, 1.807) is 0 Å². The molecule has 6 nitrogen and oxygen atoms in total. The molecule has 1 N–H and O–H groups in total. The Morgan fingerprint density at radius 3 is 2.33 bits per heavy atom. The third-order valence-electron chi connectivity index (χ3n) is 8.79. The highest BCUT2D eigenvalue weighted by Gasteiger charge is 2.29.